The first-order valence-corrected chi connectivity index (χ1v) is 12.5. The van der Waals surface area contributed by atoms with Gasteiger partial charge in [-0.3, -0.25) is 9.59 Å². The minimum absolute atomic E-state index is 0.0689. The first-order valence-electron chi connectivity index (χ1n) is 12.5. The van der Waals surface area contributed by atoms with Gasteiger partial charge in [0.25, 0.3) is 11.5 Å². The summed E-state index contributed by atoms with van der Waals surface area (Å²) in [7, 11) is 1.54. The molecule has 1 aliphatic heterocycles. The van der Waals surface area contributed by atoms with Crippen molar-refractivity contribution in [3.63, 3.8) is 0 Å². The van der Waals surface area contributed by atoms with Crippen LogP contribution >= 0.6 is 0 Å². The topological polar surface area (TPSA) is 98.8 Å². The van der Waals surface area contributed by atoms with E-state index in [0.29, 0.717) is 41.0 Å². The number of fused-ring (bicyclic) bond motifs is 1. The van der Waals surface area contributed by atoms with E-state index in [2.05, 4.69) is 46.9 Å². The minimum atomic E-state index is -0.460. The van der Waals surface area contributed by atoms with E-state index >= 15 is 0 Å². The van der Waals surface area contributed by atoms with Gasteiger partial charge in [-0.15, -0.1) is 0 Å². The normalized spacial score (nSPS) is 14.1. The summed E-state index contributed by atoms with van der Waals surface area (Å²) >= 11 is 0. The van der Waals surface area contributed by atoms with Crippen molar-refractivity contribution in [3.05, 3.63) is 99.0 Å². The Kier molecular flexibility index (Phi) is 6.87. The lowest BCUT2D eigenvalue weighted by molar-refractivity contribution is 0.0747. The number of aliphatic hydroxyl groups excluding tert-OH is 1. The van der Waals surface area contributed by atoms with E-state index in [9.17, 15) is 14.7 Å². The summed E-state index contributed by atoms with van der Waals surface area (Å²) in [6, 6.07) is 18.3. The number of nitrogens with one attached hydrogen (secondary N) is 1. The Labute approximate surface area is 220 Å². The molecule has 3 aromatic carbocycles. The molecule has 5 rings (SSSR count). The average molecular weight is 511 g/mol. The summed E-state index contributed by atoms with van der Waals surface area (Å²) in [6.07, 6.45) is 1.32. The number of hydrogen-bond donors (Lipinski definition) is 2. The largest absolute Gasteiger partial charge is 0.507 e. The van der Waals surface area contributed by atoms with Crippen molar-refractivity contribution in [1.29, 1.82) is 0 Å². The maximum Gasteiger partial charge on any atom is 0.274 e. The fourth-order valence-electron chi connectivity index (χ4n) is 4.74. The molecule has 0 aliphatic carbocycles. The van der Waals surface area contributed by atoms with Crippen molar-refractivity contribution in [1.82, 2.24) is 14.9 Å². The van der Waals surface area contributed by atoms with Crippen LogP contribution in [0.2, 0.25) is 0 Å². The number of amides is 1. The number of rotatable bonds is 5. The van der Waals surface area contributed by atoms with Crippen LogP contribution in [0.3, 0.4) is 0 Å². The number of aliphatic hydroxyl groups is 1. The quantitative estimate of drug-likeness (QED) is 0.382. The van der Waals surface area contributed by atoms with Crippen molar-refractivity contribution in [2.75, 3.05) is 38.2 Å². The number of nitrogens with zero attached hydrogens (tertiary/aromatic N) is 3. The molecule has 8 nitrogen and oxygen atoms in total. The van der Waals surface area contributed by atoms with Gasteiger partial charge in [0.05, 0.1) is 18.1 Å². The zero-order valence-electron chi connectivity index (χ0n) is 21.7. The second-order valence-corrected chi connectivity index (χ2v) is 9.44. The van der Waals surface area contributed by atoms with Gasteiger partial charge in [0.1, 0.15) is 17.2 Å². The number of carbonyl (C=O) groups excluding carboxylic acids is 1. The lowest BCUT2D eigenvalue weighted by Crippen LogP contribution is -2.49. The molecule has 38 heavy (non-hydrogen) atoms. The van der Waals surface area contributed by atoms with Gasteiger partial charge in [0, 0.05) is 49.1 Å². The first kappa shape index (κ1) is 25.1. The third kappa shape index (κ3) is 4.98. The monoisotopic (exact) mass is 510 g/mol. The van der Waals surface area contributed by atoms with Crippen LogP contribution in [0.4, 0.5) is 5.69 Å². The average Bonchev–Trinajstić information content (AvgIpc) is 2.94. The summed E-state index contributed by atoms with van der Waals surface area (Å²) < 4.78 is 5.19. The van der Waals surface area contributed by atoms with Gasteiger partial charge in [-0.2, -0.15) is 0 Å². The van der Waals surface area contributed by atoms with Crippen LogP contribution < -0.4 is 15.2 Å². The highest BCUT2D eigenvalue weighted by molar-refractivity contribution is 5.97. The van der Waals surface area contributed by atoms with Crippen LogP contribution in [0.15, 0.2) is 65.5 Å². The lowest BCUT2D eigenvalue weighted by atomic mass is 10.1. The van der Waals surface area contributed by atoms with Crippen molar-refractivity contribution in [2.45, 2.75) is 13.8 Å². The van der Waals surface area contributed by atoms with Gasteiger partial charge in [-0.25, -0.2) is 4.98 Å². The first-order chi connectivity index (χ1) is 18.3. The predicted octanol–water partition coefficient (Wildman–Crippen LogP) is 4.57. The van der Waals surface area contributed by atoms with E-state index in [1.807, 2.05) is 4.90 Å². The van der Waals surface area contributed by atoms with Crippen molar-refractivity contribution in [3.8, 4) is 5.75 Å². The molecule has 1 amide bonds. The number of benzene rings is 3. The predicted molar refractivity (Wildman–Crippen MR) is 150 cm³/mol. The number of aromatic amines is 1. The molecule has 0 atom stereocenters. The molecule has 0 radical (unpaired) electrons. The van der Waals surface area contributed by atoms with Crippen LogP contribution in [0.1, 0.15) is 32.7 Å². The number of hydrogen-bond acceptors (Lipinski definition) is 6. The highest BCUT2D eigenvalue weighted by Crippen LogP contribution is 2.25. The molecule has 0 spiro atoms. The highest BCUT2D eigenvalue weighted by Gasteiger charge is 2.23. The van der Waals surface area contributed by atoms with Crippen molar-refractivity contribution >= 4 is 34.5 Å². The summed E-state index contributed by atoms with van der Waals surface area (Å²) in [5, 5.41) is 10.5. The molecule has 4 aromatic rings. The molecule has 0 bridgehead atoms. The molecule has 1 fully saturated rings. The number of anilines is 1. The molecule has 1 aromatic heterocycles. The third-order valence-electron chi connectivity index (χ3n) is 7.09. The zero-order valence-corrected chi connectivity index (χ0v) is 21.7. The number of H-pyrrole nitrogens is 1. The highest BCUT2D eigenvalue weighted by atomic mass is 16.5. The second kappa shape index (κ2) is 10.4. The van der Waals surface area contributed by atoms with Gasteiger partial charge < -0.3 is 24.6 Å². The van der Waals surface area contributed by atoms with Crippen LogP contribution in [-0.2, 0) is 0 Å². The lowest BCUT2D eigenvalue weighted by Gasteiger charge is -2.37. The summed E-state index contributed by atoms with van der Waals surface area (Å²) in [6.45, 7) is 7.00. The van der Waals surface area contributed by atoms with E-state index in [1.54, 1.807) is 49.6 Å². The Bertz CT molecular complexity index is 1600. The van der Waals surface area contributed by atoms with Gasteiger partial charge in [-0.1, -0.05) is 24.3 Å². The molecule has 2 heterocycles. The van der Waals surface area contributed by atoms with Gasteiger partial charge in [0.2, 0.25) is 0 Å². The molecular formula is C30H30N4O4. The van der Waals surface area contributed by atoms with Gasteiger partial charge in [0.15, 0.2) is 0 Å². The molecule has 194 valence electrons. The van der Waals surface area contributed by atoms with Crippen molar-refractivity contribution in [2.24, 2.45) is 0 Å². The number of aromatic nitrogens is 2. The molecule has 8 heteroatoms. The molecular weight excluding hydrogens is 480 g/mol. The van der Waals surface area contributed by atoms with Crippen LogP contribution in [0.5, 0.6) is 5.75 Å². The standard InChI is InChI=1S/C30H30N4O4/c1-19-6-4-9-27(20(19)2)33-12-14-34(15-13-33)30(37)22-10-11-24-25(17-22)32-29(36)26(31-24)18-28(35)21-7-5-8-23(16-21)38-3/h4-11,16-18,35H,12-15H2,1-3H3,(H,32,36). The maximum absolute atomic E-state index is 13.3. The summed E-state index contributed by atoms with van der Waals surface area (Å²) in [5.41, 5.74) is 5.34. The Hall–Kier alpha value is -4.59. The fourth-order valence-corrected chi connectivity index (χ4v) is 4.74. The molecule has 0 unspecified atom stereocenters. The van der Waals surface area contributed by atoms with Crippen LogP contribution in [0, 0.1) is 13.8 Å². The Balaban J connectivity index is 1.33. The van der Waals surface area contributed by atoms with Crippen LogP contribution in [-0.4, -0.2) is 59.2 Å². The minimum Gasteiger partial charge on any atom is -0.507 e. The Morgan fingerprint density at radius 3 is 2.53 bits per heavy atom. The SMILES string of the molecule is COc1cccc(C(O)=Cc2nc3ccc(C(=O)N4CCN(c5cccc(C)c5C)CC4)cc3[nH]c2=O)c1. The molecule has 0 saturated carbocycles. The third-order valence-corrected chi connectivity index (χ3v) is 7.09. The second-order valence-electron chi connectivity index (χ2n) is 9.44. The van der Waals surface area contributed by atoms with E-state index in [0.717, 1.165) is 13.1 Å². The van der Waals surface area contributed by atoms with E-state index in [4.69, 9.17) is 4.74 Å². The maximum atomic E-state index is 13.3. The number of methoxy groups -OCH3 is 1. The number of ether oxygens (including phenoxy) is 1. The van der Waals surface area contributed by atoms with Gasteiger partial charge >= 0.3 is 0 Å². The summed E-state index contributed by atoms with van der Waals surface area (Å²) in [4.78, 5) is 37.4. The fraction of sp³-hybridized carbons (Fsp3) is 0.233. The smallest absolute Gasteiger partial charge is 0.274 e. The molecule has 2 N–H and O–H groups in total. The van der Waals surface area contributed by atoms with Crippen molar-refractivity contribution < 1.29 is 14.6 Å². The number of piperazine rings is 1. The van der Waals surface area contributed by atoms with E-state index in [1.165, 1.54) is 22.9 Å². The zero-order chi connectivity index (χ0) is 26.8. The number of aryl methyl sites for hydroxylation is 1. The molecule has 1 aliphatic rings. The summed E-state index contributed by atoms with van der Waals surface area (Å²) in [5.74, 6) is 0.410. The van der Waals surface area contributed by atoms with Gasteiger partial charge in [-0.05, 0) is 61.4 Å². The Morgan fingerprint density at radius 2 is 1.76 bits per heavy atom. The Morgan fingerprint density at radius 1 is 1.00 bits per heavy atom. The van der Waals surface area contributed by atoms with E-state index in [-0.39, 0.29) is 17.4 Å². The van der Waals surface area contributed by atoms with E-state index < -0.39 is 5.56 Å². The van der Waals surface area contributed by atoms with Crippen LogP contribution in [0.25, 0.3) is 22.9 Å². The molecule has 1 saturated heterocycles. The number of carbonyl (C=O) groups is 1.